The van der Waals surface area contributed by atoms with Gasteiger partial charge in [-0.25, -0.2) is 0 Å². The van der Waals surface area contributed by atoms with Crippen molar-refractivity contribution in [2.75, 3.05) is 25.9 Å². The second-order valence-electron chi connectivity index (χ2n) is 4.45. The lowest BCUT2D eigenvalue weighted by molar-refractivity contribution is 0.253. The zero-order valence-electron chi connectivity index (χ0n) is 9.58. The van der Waals surface area contributed by atoms with Gasteiger partial charge in [0.1, 0.15) is 0 Å². The third-order valence-corrected chi connectivity index (χ3v) is 2.72. The highest BCUT2D eigenvalue weighted by Crippen LogP contribution is 2.10. The number of nitrogens with zero attached hydrogens (tertiary/aromatic N) is 1. The highest BCUT2D eigenvalue weighted by atomic mass is 32.1. The molecule has 0 aliphatic heterocycles. The predicted octanol–water partition coefficient (Wildman–Crippen LogP) is 2.92. The summed E-state index contributed by atoms with van der Waals surface area (Å²) in [4.78, 5) is 2.43. The van der Waals surface area contributed by atoms with Gasteiger partial charge in [0, 0.05) is 13.1 Å². The van der Waals surface area contributed by atoms with Crippen LogP contribution in [0.5, 0.6) is 0 Å². The van der Waals surface area contributed by atoms with E-state index in [1.165, 1.54) is 25.9 Å². The molecule has 80 valence electrons. The van der Waals surface area contributed by atoms with E-state index in [2.05, 4.69) is 45.3 Å². The van der Waals surface area contributed by atoms with Crippen LogP contribution in [0.25, 0.3) is 0 Å². The summed E-state index contributed by atoms with van der Waals surface area (Å²) in [5, 5.41) is 0. The molecule has 13 heavy (non-hydrogen) atoms. The summed E-state index contributed by atoms with van der Waals surface area (Å²) in [6.45, 7) is 9.19. The van der Waals surface area contributed by atoms with E-state index in [0.29, 0.717) is 0 Å². The monoisotopic (exact) mass is 203 g/mol. The first-order valence-electron chi connectivity index (χ1n) is 5.39. The van der Waals surface area contributed by atoms with E-state index in [9.17, 15) is 0 Å². The van der Waals surface area contributed by atoms with Gasteiger partial charge in [-0.1, -0.05) is 27.2 Å². The fraction of sp³-hybridized carbons (Fsp3) is 1.00. The molecule has 1 atom stereocenters. The number of hydrogen-bond donors (Lipinski definition) is 1. The molecule has 0 saturated carbocycles. The van der Waals surface area contributed by atoms with E-state index in [1.54, 1.807) is 0 Å². The third-order valence-electron chi connectivity index (χ3n) is 2.20. The maximum Gasteiger partial charge on any atom is 0.00145 e. The van der Waals surface area contributed by atoms with Gasteiger partial charge in [-0.15, -0.1) is 0 Å². The molecule has 0 aromatic rings. The van der Waals surface area contributed by atoms with E-state index >= 15 is 0 Å². The first-order valence-corrected chi connectivity index (χ1v) is 6.02. The lowest BCUT2D eigenvalue weighted by atomic mass is 10.1. The number of rotatable bonds is 7. The largest absolute Gasteiger partial charge is 0.306 e. The summed E-state index contributed by atoms with van der Waals surface area (Å²) in [5.41, 5.74) is 0. The third kappa shape index (κ3) is 7.39. The van der Waals surface area contributed by atoms with Gasteiger partial charge in [0.05, 0.1) is 0 Å². The predicted molar refractivity (Wildman–Crippen MR) is 64.6 cm³/mol. The standard InChI is InChI=1S/C11H25NS/c1-5-6-11(9-13)8-12(4)7-10(2)3/h10-11,13H,5-9H2,1-4H3. The molecule has 0 saturated heterocycles. The molecule has 0 aliphatic carbocycles. The van der Waals surface area contributed by atoms with Crippen LogP contribution in [-0.4, -0.2) is 30.8 Å². The van der Waals surface area contributed by atoms with Gasteiger partial charge in [-0.05, 0) is 31.1 Å². The second-order valence-corrected chi connectivity index (χ2v) is 4.82. The zero-order chi connectivity index (χ0) is 10.3. The molecule has 1 unspecified atom stereocenters. The van der Waals surface area contributed by atoms with Crippen LogP contribution in [0.15, 0.2) is 0 Å². The van der Waals surface area contributed by atoms with Crippen LogP contribution in [-0.2, 0) is 0 Å². The Labute approximate surface area is 89.3 Å². The lowest BCUT2D eigenvalue weighted by Gasteiger charge is -2.24. The molecule has 1 nitrogen and oxygen atoms in total. The van der Waals surface area contributed by atoms with E-state index in [0.717, 1.165) is 17.6 Å². The minimum absolute atomic E-state index is 0.771. The molecule has 0 bridgehead atoms. The minimum Gasteiger partial charge on any atom is -0.306 e. The molecular formula is C11H25NS. The lowest BCUT2D eigenvalue weighted by Crippen LogP contribution is -2.29. The van der Waals surface area contributed by atoms with Crippen molar-refractivity contribution in [3.63, 3.8) is 0 Å². The van der Waals surface area contributed by atoms with Crippen LogP contribution < -0.4 is 0 Å². The van der Waals surface area contributed by atoms with Crippen molar-refractivity contribution in [2.45, 2.75) is 33.6 Å². The van der Waals surface area contributed by atoms with E-state index in [4.69, 9.17) is 0 Å². The minimum atomic E-state index is 0.771. The van der Waals surface area contributed by atoms with Gasteiger partial charge in [0.25, 0.3) is 0 Å². The van der Waals surface area contributed by atoms with Gasteiger partial charge in [0.15, 0.2) is 0 Å². The molecule has 0 rings (SSSR count). The van der Waals surface area contributed by atoms with Gasteiger partial charge < -0.3 is 4.90 Å². The normalized spacial score (nSPS) is 14.1. The smallest absolute Gasteiger partial charge is 0.00145 e. The molecule has 0 aliphatic rings. The summed E-state index contributed by atoms with van der Waals surface area (Å²) >= 11 is 4.39. The maximum absolute atomic E-state index is 4.39. The van der Waals surface area contributed by atoms with Crippen molar-refractivity contribution in [3.05, 3.63) is 0 Å². The Hall–Kier alpha value is 0.310. The fourth-order valence-electron chi connectivity index (χ4n) is 1.79. The Balaban J connectivity index is 3.65. The van der Waals surface area contributed by atoms with Crippen molar-refractivity contribution in [1.82, 2.24) is 4.90 Å². The molecule has 0 spiro atoms. The van der Waals surface area contributed by atoms with Crippen molar-refractivity contribution in [2.24, 2.45) is 11.8 Å². The summed E-state index contributed by atoms with van der Waals surface area (Å²) in [6, 6.07) is 0. The Morgan fingerprint density at radius 2 is 1.85 bits per heavy atom. The molecule has 0 radical (unpaired) electrons. The average molecular weight is 203 g/mol. The van der Waals surface area contributed by atoms with Crippen LogP contribution in [0.3, 0.4) is 0 Å². The first kappa shape index (κ1) is 13.3. The summed E-state index contributed by atoms with van der Waals surface area (Å²) in [5.74, 6) is 2.57. The van der Waals surface area contributed by atoms with Crippen LogP contribution in [0.2, 0.25) is 0 Å². The summed E-state index contributed by atoms with van der Waals surface area (Å²) in [7, 11) is 2.21. The molecule has 0 aromatic carbocycles. The molecular weight excluding hydrogens is 178 g/mol. The Morgan fingerprint density at radius 1 is 1.23 bits per heavy atom. The zero-order valence-corrected chi connectivity index (χ0v) is 10.5. The van der Waals surface area contributed by atoms with E-state index in [-0.39, 0.29) is 0 Å². The van der Waals surface area contributed by atoms with Gasteiger partial charge in [0.2, 0.25) is 0 Å². The highest BCUT2D eigenvalue weighted by molar-refractivity contribution is 7.80. The van der Waals surface area contributed by atoms with Crippen molar-refractivity contribution < 1.29 is 0 Å². The van der Waals surface area contributed by atoms with Crippen LogP contribution in [0, 0.1) is 11.8 Å². The summed E-state index contributed by atoms with van der Waals surface area (Å²) in [6.07, 6.45) is 2.59. The fourth-order valence-corrected chi connectivity index (χ4v) is 2.09. The second kappa shape index (κ2) is 7.69. The summed E-state index contributed by atoms with van der Waals surface area (Å²) < 4.78 is 0. The maximum atomic E-state index is 4.39. The van der Waals surface area contributed by atoms with Crippen LogP contribution in [0.4, 0.5) is 0 Å². The molecule has 0 fully saturated rings. The van der Waals surface area contributed by atoms with Gasteiger partial charge in [-0.3, -0.25) is 0 Å². The van der Waals surface area contributed by atoms with Gasteiger partial charge in [-0.2, -0.15) is 12.6 Å². The molecule has 0 N–H and O–H groups in total. The van der Waals surface area contributed by atoms with Gasteiger partial charge >= 0.3 is 0 Å². The van der Waals surface area contributed by atoms with Crippen LogP contribution >= 0.6 is 12.6 Å². The first-order chi connectivity index (χ1) is 6.10. The molecule has 0 amide bonds. The Kier molecular flexibility index (Phi) is 7.87. The van der Waals surface area contributed by atoms with Crippen molar-refractivity contribution in [3.8, 4) is 0 Å². The van der Waals surface area contributed by atoms with E-state index in [1.807, 2.05) is 0 Å². The molecule has 0 aromatic heterocycles. The Morgan fingerprint density at radius 3 is 2.23 bits per heavy atom. The topological polar surface area (TPSA) is 3.24 Å². The quantitative estimate of drug-likeness (QED) is 0.623. The van der Waals surface area contributed by atoms with Crippen LogP contribution in [0.1, 0.15) is 33.6 Å². The SMILES string of the molecule is CCCC(CS)CN(C)CC(C)C. The average Bonchev–Trinajstić information content (AvgIpc) is 2.02. The number of hydrogen-bond acceptors (Lipinski definition) is 2. The van der Waals surface area contributed by atoms with Crippen molar-refractivity contribution in [1.29, 1.82) is 0 Å². The number of thiol groups is 1. The van der Waals surface area contributed by atoms with E-state index < -0.39 is 0 Å². The molecule has 0 heterocycles. The Bertz CT molecular complexity index is 115. The molecule has 2 heteroatoms. The van der Waals surface area contributed by atoms with Crippen molar-refractivity contribution >= 4 is 12.6 Å². The highest BCUT2D eigenvalue weighted by Gasteiger charge is 2.09.